The normalized spacial score (nSPS) is 37.0. The number of nitrogens with one attached hydrogen (secondary N) is 3. The highest BCUT2D eigenvalue weighted by Gasteiger charge is 2.54. The van der Waals surface area contributed by atoms with Gasteiger partial charge in [-0.15, -0.1) is 0 Å². The largest absolute Gasteiger partial charge is 0.314 e. The molecule has 5 unspecified atom stereocenters. The predicted octanol–water partition coefficient (Wildman–Crippen LogP) is 1.27. The van der Waals surface area contributed by atoms with Crippen LogP contribution in [0.3, 0.4) is 0 Å². The number of hydrazine groups is 1. The molecule has 0 saturated carbocycles. The molecule has 4 rings (SSSR count). The molecule has 7 nitrogen and oxygen atoms in total. The molecule has 0 amide bonds. The third-order valence-electron chi connectivity index (χ3n) is 6.96. The molecule has 1 aromatic rings. The molecule has 2 bridgehead atoms. The number of rotatable bonds is 2. The predicted molar refractivity (Wildman–Crippen MR) is 107 cm³/mol. The van der Waals surface area contributed by atoms with E-state index < -0.39 is 18.1 Å². The van der Waals surface area contributed by atoms with E-state index in [0.29, 0.717) is 31.8 Å². The van der Waals surface area contributed by atoms with Crippen LogP contribution in [0.5, 0.6) is 0 Å². The molecule has 0 aliphatic carbocycles. The first-order valence-corrected chi connectivity index (χ1v) is 10.8. The highest BCUT2D eigenvalue weighted by atomic mass is 19.3. The quantitative estimate of drug-likeness (QED) is 0.638. The summed E-state index contributed by atoms with van der Waals surface area (Å²) in [5.74, 6) is 0.487. The molecule has 3 aliphatic rings. The van der Waals surface area contributed by atoms with E-state index in [2.05, 4.69) is 28.0 Å². The first kappa shape index (κ1) is 20.8. The van der Waals surface area contributed by atoms with Crippen LogP contribution in [0.25, 0.3) is 0 Å². The van der Waals surface area contributed by atoms with Gasteiger partial charge >= 0.3 is 6.55 Å². The lowest BCUT2D eigenvalue weighted by Crippen LogP contribution is -2.66. The van der Waals surface area contributed by atoms with Crippen LogP contribution in [0.15, 0.2) is 23.4 Å². The monoisotopic (exact) mass is 410 g/mol. The SMILES string of the molecule is CC1CCCCC2CC(n3cnccc3=O)(CCN2)C2C(CNN2C(F)F)NC1. The molecule has 0 radical (unpaired) electrons. The number of alkyl halides is 2. The highest BCUT2D eigenvalue weighted by Crippen LogP contribution is 2.40. The Morgan fingerprint density at radius 3 is 2.86 bits per heavy atom. The summed E-state index contributed by atoms with van der Waals surface area (Å²) in [4.78, 5) is 17.0. The van der Waals surface area contributed by atoms with E-state index >= 15 is 0 Å². The molecule has 5 atom stereocenters. The van der Waals surface area contributed by atoms with Gasteiger partial charge in [0.2, 0.25) is 0 Å². The van der Waals surface area contributed by atoms with E-state index in [1.165, 1.54) is 18.6 Å². The number of aromatic nitrogens is 2. The molecule has 0 aromatic carbocycles. The lowest BCUT2D eigenvalue weighted by molar-refractivity contribution is -0.104. The Morgan fingerprint density at radius 1 is 1.24 bits per heavy atom. The average molecular weight is 411 g/mol. The second-order valence-corrected chi connectivity index (χ2v) is 8.89. The molecular formula is C20H32F2N6O. The zero-order valence-corrected chi connectivity index (χ0v) is 17.0. The van der Waals surface area contributed by atoms with Crippen molar-refractivity contribution in [3.05, 3.63) is 28.9 Å². The first-order valence-electron chi connectivity index (χ1n) is 10.8. The van der Waals surface area contributed by atoms with Crippen molar-refractivity contribution in [3.8, 4) is 0 Å². The van der Waals surface area contributed by atoms with Crippen molar-refractivity contribution < 1.29 is 8.78 Å². The number of halogens is 2. The third kappa shape index (κ3) is 4.10. The Labute approximate surface area is 170 Å². The Kier molecular flexibility index (Phi) is 6.29. The summed E-state index contributed by atoms with van der Waals surface area (Å²) < 4.78 is 29.8. The zero-order chi connectivity index (χ0) is 20.4. The molecular weight excluding hydrogens is 378 g/mol. The van der Waals surface area contributed by atoms with Crippen molar-refractivity contribution in [2.75, 3.05) is 19.6 Å². The third-order valence-corrected chi connectivity index (χ3v) is 6.96. The summed E-state index contributed by atoms with van der Waals surface area (Å²) in [6.07, 6.45) is 8.66. The molecule has 9 heteroatoms. The standard InChI is InChI=1S/C20H32F2N6O/c1-14-4-2-3-5-15-10-20(7-9-24-15,27-13-23-8-6-17(27)29)18-16(25-11-14)12-26-28(18)19(21)22/h6,8,13-16,18-19,24-26H,2-5,7,9-12H2,1H3. The molecule has 3 saturated heterocycles. The van der Waals surface area contributed by atoms with E-state index in [0.717, 1.165) is 37.2 Å². The Hall–Kier alpha value is -1.42. The fourth-order valence-electron chi connectivity index (χ4n) is 5.56. The van der Waals surface area contributed by atoms with E-state index in [1.807, 2.05) is 0 Å². The van der Waals surface area contributed by atoms with E-state index in [1.54, 1.807) is 4.57 Å². The Bertz CT molecular complexity index is 746. The fraction of sp³-hybridized carbons (Fsp3) is 0.800. The van der Waals surface area contributed by atoms with Crippen molar-refractivity contribution in [2.45, 2.75) is 75.7 Å². The summed E-state index contributed by atoms with van der Waals surface area (Å²) in [5.41, 5.74) is 1.99. The molecule has 3 fully saturated rings. The van der Waals surface area contributed by atoms with Crippen molar-refractivity contribution in [1.82, 2.24) is 30.6 Å². The van der Waals surface area contributed by atoms with Crippen LogP contribution in [-0.2, 0) is 5.54 Å². The van der Waals surface area contributed by atoms with Gasteiger partial charge in [0.15, 0.2) is 0 Å². The highest BCUT2D eigenvalue weighted by molar-refractivity contribution is 5.11. The first-order chi connectivity index (χ1) is 14.0. The van der Waals surface area contributed by atoms with Crippen LogP contribution >= 0.6 is 0 Å². The maximum atomic E-state index is 14.1. The minimum Gasteiger partial charge on any atom is -0.314 e. The van der Waals surface area contributed by atoms with E-state index in [4.69, 9.17) is 0 Å². The van der Waals surface area contributed by atoms with E-state index in [9.17, 15) is 13.6 Å². The number of hydrogen-bond donors (Lipinski definition) is 3. The van der Waals surface area contributed by atoms with Gasteiger partial charge in [-0.25, -0.2) is 10.4 Å². The molecule has 4 heterocycles. The van der Waals surface area contributed by atoms with E-state index in [-0.39, 0.29) is 17.6 Å². The molecule has 29 heavy (non-hydrogen) atoms. The van der Waals surface area contributed by atoms with Crippen molar-refractivity contribution in [3.63, 3.8) is 0 Å². The van der Waals surface area contributed by atoms with Gasteiger partial charge in [0.25, 0.3) is 5.56 Å². The molecule has 3 aliphatic heterocycles. The van der Waals surface area contributed by atoms with Gasteiger partial charge in [0.1, 0.15) is 0 Å². The number of fused-ring (bicyclic) bond motifs is 4. The second-order valence-electron chi connectivity index (χ2n) is 8.89. The zero-order valence-electron chi connectivity index (χ0n) is 17.0. The fourth-order valence-corrected chi connectivity index (χ4v) is 5.56. The van der Waals surface area contributed by atoms with Gasteiger partial charge in [-0.3, -0.25) is 9.36 Å². The molecule has 0 spiro atoms. The number of nitrogens with zero attached hydrogens (tertiary/aromatic N) is 3. The molecule has 3 N–H and O–H groups in total. The summed E-state index contributed by atoms with van der Waals surface area (Å²) in [6, 6.07) is 0.922. The van der Waals surface area contributed by atoms with Gasteiger partial charge in [-0.05, 0) is 44.7 Å². The Balaban J connectivity index is 1.81. The average Bonchev–Trinajstić information content (AvgIpc) is 3.14. The molecule has 162 valence electrons. The minimum absolute atomic E-state index is 0.170. The molecule has 1 aromatic heterocycles. The lowest BCUT2D eigenvalue weighted by Gasteiger charge is -2.50. The topological polar surface area (TPSA) is 74.2 Å². The van der Waals surface area contributed by atoms with Crippen molar-refractivity contribution in [2.24, 2.45) is 5.92 Å². The van der Waals surface area contributed by atoms with Crippen LogP contribution in [0.4, 0.5) is 8.78 Å². The number of piperidine rings is 1. The van der Waals surface area contributed by atoms with Crippen molar-refractivity contribution >= 4 is 0 Å². The number of hydrogen-bond acceptors (Lipinski definition) is 6. The smallest absolute Gasteiger partial charge is 0.307 e. The van der Waals surface area contributed by atoms with Crippen LogP contribution in [0.2, 0.25) is 0 Å². The summed E-state index contributed by atoms with van der Waals surface area (Å²) in [5, 5.41) is 8.21. The van der Waals surface area contributed by atoms with Gasteiger partial charge in [-0.1, -0.05) is 19.8 Å². The maximum Gasteiger partial charge on any atom is 0.307 e. The maximum absolute atomic E-state index is 14.1. The van der Waals surface area contributed by atoms with Gasteiger partial charge in [0.05, 0.1) is 17.9 Å². The summed E-state index contributed by atoms with van der Waals surface area (Å²) in [6.45, 7) is 1.48. The summed E-state index contributed by atoms with van der Waals surface area (Å²) >= 11 is 0. The van der Waals surface area contributed by atoms with Crippen LogP contribution in [-0.4, -0.2) is 58.9 Å². The van der Waals surface area contributed by atoms with Gasteiger partial charge < -0.3 is 10.6 Å². The van der Waals surface area contributed by atoms with Gasteiger partial charge in [0, 0.05) is 30.9 Å². The minimum atomic E-state index is -2.64. The second kappa shape index (κ2) is 8.75. The summed E-state index contributed by atoms with van der Waals surface area (Å²) in [7, 11) is 0. The van der Waals surface area contributed by atoms with Crippen molar-refractivity contribution in [1.29, 1.82) is 0 Å². The van der Waals surface area contributed by atoms with Crippen LogP contribution in [0.1, 0.15) is 45.4 Å². The van der Waals surface area contributed by atoms with Crippen LogP contribution in [0, 0.1) is 5.92 Å². The van der Waals surface area contributed by atoms with Crippen LogP contribution < -0.4 is 21.6 Å². The lowest BCUT2D eigenvalue weighted by atomic mass is 9.74. The van der Waals surface area contributed by atoms with Gasteiger partial charge in [-0.2, -0.15) is 13.8 Å². The Morgan fingerprint density at radius 2 is 2.07 bits per heavy atom.